The normalized spacial score (nSPS) is 14.6. The van der Waals surface area contributed by atoms with Gasteiger partial charge in [-0.3, -0.25) is 14.9 Å². The summed E-state index contributed by atoms with van der Waals surface area (Å²) in [4.78, 5) is 34.7. The third-order valence-corrected chi connectivity index (χ3v) is 2.35. The van der Waals surface area contributed by atoms with Gasteiger partial charge in [0.15, 0.2) is 0 Å². The molecular weight excluding hydrogens is 241 g/mol. The predicted octanol–water partition coefficient (Wildman–Crippen LogP) is 0.316. The second kappa shape index (κ2) is 4.82. The summed E-state index contributed by atoms with van der Waals surface area (Å²) in [7, 11) is 0. The fraction of sp³-hybridized carbons (Fsp3) is 0.182. The van der Waals surface area contributed by atoms with Crippen LogP contribution in [-0.4, -0.2) is 35.8 Å². The predicted molar refractivity (Wildman–Crippen MR) is 60.1 cm³/mol. The molecule has 1 aromatic rings. The molecule has 7 heteroatoms. The number of hydrogen-bond donors (Lipinski definition) is 2. The summed E-state index contributed by atoms with van der Waals surface area (Å²) in [6, 6.07) is 5.07. The van der Waals surface area contributed by atoms with Crippen LogP contribution in [0.3, 0.4) is 0 Å². The number of imide groups is 1. The number of carbonyl (C=O) groups is 3. The monoisotopic (exact) mass is 251 g/mol. The van der Waals surface area contributed by atoms with Gasteiger partial charge in [0, 0.05) is 0 Å². The minimum atomic E-state index is -0.622. The van der Waals surface area contributed by atoms with Gasteiger partial charge < -0.3 is 10.2 Å². The van der Waals surface area contributed by atoms with Crippen molar-refractivity contribution in [1.82, 2.24) is 10.2 Å². The first-order valence-corrected chi connectivity index (χ1v) is 5.19. The number of anilines is 1. The van der Waals surface area contributed by atoms with Crippen molar-refractivity contribution in [2.75, 3.05) is 18.4 Å². The van der Waals surface area contributed by atoms with E-state index in [0.717, 1.165) is 4.90 Å². The molecule has 1 heterocycles. The smallest absolute Gasteiger partial charge is 0.322 e. The molecule has 1 aliphatic heterocycles. The number of urea groups is 1. The van der Waals surface area contributed by atoms with Gasteiger partial charge in [0.25, 0.3) is 0 Å². The zero-order chi connectivity index (χ0) is 13.1. The highest BCUT2D eigenvalue weighted by molar-refractivity contribution is 6.04. The first-order chi connectivity index (χ1) is 8.56. The first-order valence-electron chi connectivity index (χ1n) is 5.19. The van der Waals surface area contributed by atoms with Crippen molar-refractivity contribution in [2.45, 2.75) is 0 Å². The number of nitrogens with zero attached hydrogens (tertiary/aromatic N) is 1. The van der Waals surface area contributed by atoms with Crippen molar-refractivity contribution in [3.63, 3.8) is 0 Å². The average molecular weight is 251 g/mol. The van der Waals surface area contributed by atoms with Gasteiger partial charge in [0.2, 0.25) is 11.8 Å². The molecule has 1 fully saturated rings. The highest BCUT2D eigenvalue weighted by atomic mass is 19.1. The highest BCUT2D eigenvalue weighted by Crippen LogP contribution is 2.12. The Kier molecular flexibility index (Phi) is 3.22. The summed E-state index contributed by atoms with van der Waals surface area (Å²) in [6.45, 7) is -0.463. The van der Waals surface area contributed by atoms with Gasteiger partial charge in [0.05, 0.1) is 5.69 Å². The largest absolute Gasteiger partial charge is 0.325 e. The van der Waals surface area contributed by atoms with Gasteiger partial charge in [0.1, 0.15) is 18.9 Å². The fourth-order valence-electron chi connectivity index (χ4n) is 1.54. The van der Waals surface area contributed by atoms with Crippen LogP contribution in [0.25, 0.3) is 0 Å². The molecule has 1 aliphatic rings. The second-order valence-corrected chi connectivity index (χ2v) is 3.74. The molecule has 1 aromatic carbocycles. The van der Waals surface area contributed by atoms with Gasteiger partial charge in [-0.15, -0.1) is 0 Å². The maximum absolute atomic E-state index is 13.2. The molecule has 18 heavy (non-hydrogen) atoms. The van der Waals surface area contributed by atoms with Crippen LogP contribution in [0.4, 0.5) is 14.9 Å². The molecule has 6 nitrogen and oxygen atoms in total. The Morgan fingerprint density at radius 2 is 2.11 bits per heavy atom. The molecule has 94 valence electrons. The topological polar surface area (TPSA) is 78.5 Å². The lowest BCUT2D eigenvalue weighted by Crippen LogP contribution is -2.35. The van der Waals surface area contributed by atoms with Gasteiger partial charge in [-0.1, -0.05) is 12.1 Å². The summed E-state index contributed by atoms with van der Waals surface area (Å²) >= 11 is 0. The van der Waals surface area contributed by atoms with E-state index in [4.69, 9.17) is 0 Å². The van der Waals surface area contributed by atoms with Crippen molar-refractivity contribution in [2.24, 2.45) is 0 Å². The molecule has 0 saturated carbocycles. The lowest BCUT2D eigenvalue weighted by molar-refractivity contribution is -0.119. The Bertz CT molecular complexity index is 518. The number of hydrogen-bond acceptors (Lipinski definition) is 3. The number of nitrogens with one attached hydrogen (secondary N) is 2. The van der Waals surface area contributed by atoms with Crippen molar-refractivity contribution < 1.29 is 18.8 Å². The molecule has 1 saturated heterocycles. The summed E-state index contributed by atoms with van der Waals surface area (Å²) in [6.07, 6.45) is 0. The van der Waals surface area contributed by atoms with E-state index in [0.29, 0.717) is 0 Å². The number of rotatable bonds is 3. The van der Waals surface area contributed by atoms with Crippen LogP contribution in [0.5, 0.6) is 0 Å². The summed E-state index contributed by atoms with van der Waals surface area (Å²) < 4.78 is 13.2. The van der Waals surface area contributed by atoms with Gasteiger partial charge in [-0.2, -0.15) is 0 Å². The third kappa shape index (κ3) is 2.62. The molecule has 0 bridgehead atoms. The Hall–Kier alpha value is -2.44. The molecule has 0 aliphatic carbocycles. The first kappa shape index (κ1) is 12.0. The number of amides is 4. The van der Waals surface area contributed by atoms with Crippen LogP contribution in [0, 0.1) is 5.82 Å². The van der Waals surface area contributed by atoms with E-state index < -0.39 is 23.7 Å². The van der Waals surface area contributed by atoms with Crippen LogP contribution in [-0.2, 0) is 9.59 Å². The van der Waals surface area contributed by atoms with E-state index >= 15 is 0 Å². The standard InChI is InChI=1S/C11H10FN3O3/c12-7-3-1-2-4-8(7)13-9(16)5-15-6-10(17)14-11(15)18/h1-4H,5-6H2,(H,13,16)(H,14,17,18). The van der Waals surface area contributed by atoms with Crippen molar-refractivity contribution in [1.29, 1.82) is 0 Å². The molecule has 2 rings (SSSR count). The van der Waals surface area contributed by atoms with Crippen molar-refractivity contribution in [3.8, 4) is 0 Å². The second-order valence-electron chi connectivity index (χ2n) is 3.74. The fourth-order valence-corrected chi connectivity index (χ4v) is 1.54. The molecule has 4 amide bonds. The molecule has 2 N–H and O–H groups in total. The van der Waals surface area contributed by atoms with Crippen LogP contribution in [0.2, 0.25) is 0 Å². The number of benzene rings is 1. The lowest BCUT2D eigenvalue weighted by Gasteiger charge is -2.13. The number of para-hydroxylation sites is 1. The molecule has 0 atom stereocenters. The van der Waals surface area contributed by atoms with Crippen LogP contribution in [0.1, 0.15) is 0 Å². The Morgan fingerprint density at radius 1 is 1.39 bits per heavy atom. The molecule has 0 aromatic heterocycles. The maximum Gasteiger partial charge on any atom is 0.325 e. The van der Waals surface area contributed by atoms with Crippen LogP contribution in [0.15, 0.2) is 24.3 Å². The van der Waals surface area contributed by atoms with E-state index in [1.54, 1.807) is 6.07 Å². The maximum atomic E-state index is 13.2. The minimum Gasteiger partial charge on any atom is -0.322 e. The number of halogens is 1. The molecular formula is C11H10FN3O3. The Balaban J connectivity index is 1.95. The summed E-state index contributed by atoms with van der Waals surface area (Å²) in [5, 5.41) is 4.37. The van der Waals surface area contributed by atoms with E-state index in [1.165, 1.54) is 18.2 Å². The van der Waals surface area contributed by atoms with Gasteiger partial charge >= 0.3 is 6.03 Å². The molecule has 0 radical (unpaired) electrons. The van der Waals surface area contributed by atoms with E-state index in [9.17, 15) is 18.8 Å². The summed E-state index contributed by atoms with van der Waals surface area (Å²) in [5.41, 5.74) is 0.0356. The lowest BCUT2D eigenvalue weighted by atomic mass is 10.3. The van der Waals surface area contributed by atoms with Crippen LogP contribution >= 0.6 is 0 Å². The molecule has 0 spiro atoms. The zero-order valence-electron chi connectivity index (χ0n) is 9.27. The third-order valence-electron chi connectivity index (χ3n) is 2.35. The van der Waals surface area contributed by atoms with E-state index in [1.807, 2.05) is 5.32 Å². The van der Waals surface area contributed by atoms with E-state index in [2.05, 4.69) is 5.32 Å². The molecule has 0 unspecified atom stereocenters. The highest BCUT2D eigenvalue weighted by Gasteiger charge is 2.28. The number of carbonyl (C=O) groups excluding carboxylic acids is 3. The minimum absolute atomic E-state index is 0.0356. The Labute approximate surface area is 102 Å². The van der Waals surface area contributed by atoms with Crippen molar-refractivity contribution >= 4 is 23.5 Å². The SMILES string of the molecule is O=C1CN(CC(=O)Nc2ccccc2F)C(=O)N1. The van der Waals surface area contributed by atoms with Crippen molar-refractivity contribution in [3.05, 3.63) is 30.1 Å². The van der Waals surface area contributed by atoms with E-state index in [-0.39, 0.29) is 18.8 Å². The zero-order valence-corrected chi connectivity index (χ0v) is 9.27. The van der Waals surface area contributed by atoms with Gasteiger partial charge in [-0.05, 0) is 12.1 Å². The summed E-state index contributed by atoms with van der Waals surface area (Å²) in [5.74, 6) is -1.59. The Morgan fingerprint density at radius 3 is 2.72 bits per heavy atom. The van der Waals surface area contributed by atoms with Gasteiger partial charge in [-0.25, -0.2) is 9.18 Å². The average Bonchev–Trinajstić information content (AvgIpc) is 2.61. The quantitative estimate of drug-likeness (QED) is 0.759. The van der Waals surface area contributed by atoms with Crippen LogP contribution < -0.4 is 10.6 Å².